The highest BCUT2D eigenvalue weighted by Crippen LogP contribution is 2.37. The third-order valence-electron chi connectivity index (χ3n) is 4.06. The van der Waals surface area contributed by atoms with Crippen molar-refractivity contribution in [1.29, 1.82) is 0 Å². The van der Waals surface area contributed by atoms with Gasteiger partial charge in [0.1, 0.15) is 0 Å². The number of ether oxygens (including phenoxy) is 2. The normalized spacial score (nSPS) is 10.3. The van der Waals surface area contributed by atoms with Crippen molar-refractivity contribution in [3.63, 3.8) is 0 Å². The third-order valence-corrected chi connectivity index (χ3v) is 4.29. The lowest BCUT2D eigenvalue weighted by molar-refractivity contribution is -0.385. The zero-order chi connectivity index (χ0) is 20.8. The van der Waals surface area contributed by atoms with Crippen LogP contribution in [0.2, 0.25) is 5.02 Å². The summed E-state index contributed by atoms with van der Waals surface area (Å²) in [6, 6.07) is 18.2. The minimum atomic E-state index is -0.584. The lowest BCUT2D eigenvalue weighted by Crippen LogP contribution is -2.22. The van der Waals surface area contributed by atoms with Crippen LogP contribution in [0.5, 0.6) is 17.2 Å². The van der Waals surface area contributed by atoms with Gasteiger partial charge in [-0.1, -0.05) is 41.9 Å². The molecule has 0 aliphatic heterocycles. The number of carbonyl (C=O) groups is 1. The van der Waals surface area contributed by atoms with Crippen LogP contribution in [-0.4, -0.2) is 17.9 Å². The number of carbonyl (C=O) groups excluding carboxylic acids is 1. The van der Waals surface area contributed by atoms with E-state index >= 15 is 0 Å². The first-order valence-electron chi connectivity index (χ1n) is 8.60. The Morgan fingerprint density at radius 3 is 2.45 bits per heavy atom. The van der Waals surface area contributed by atoms with Crippen LogP contribution in [0.15, 0.2) is 66.7 Å². The maximum absolute atomic E-state index is 12.4. The van der Waals surface area contributed by atoms with Crippen LogP contribution >= 0.6 is 11.6 Å². The van der Waals surface area contributed by atoms with E-state index in [1.165, 1.54) is 37.4 Å². The molecule has 0 aromatic heterocycles. The molecular formula is C21H17ClN2O5. The Kier molecular flexibility index (Phi) is 6.31. The smallest absolute Gasteiger partial charge is 0.313 e. The standard InChI is InChI=1S/C21H17ClN2O5/c1-28-20-11-15(21(25)23-13-14-5-3-2-4-6-14)7-9-19(20)29-18-10-8-16(22)12-17(18)24(26)27/h2-12H,13H2,1H3,(H,23,25). The lowest BCUT2D eigenvalue weighted by atomic mass is 10.1. The average molecular weight is 413 g/mol. The monoisotopic (exact) mass is 412 g/mol. The van der Waals surface area contributed by atoms with Crippen molar-refractivity contribution in [3.8, 4) is 17.2 Å². The topological polar surface area (TPSA) is 90.7 Å². The number of nitro groups is 1. The highest BCUT2D eigenvalue weighted by Gasteiger charge is 2.19. The summed E-state index contributed by atoms with van der Waals surface area (Å²) in [5, 5.41) is 14.3. The number of amides is 1. The van der Waals surface area contributed by atoms with E-state index in [9.17, 15) is 14.9 Å². The average Bonchev–Trinajstić information content (AvgIpc) is 2.74. The van der Waals surface area contributed by atoms with E-state index in [0.29, 0.717) is 12.1 Å². The van der Waals surface area contributed by atoms with E-state index in [1.807, 2.05) is 30.3 Å². The zero-order valence-corrected chi connectivity index (χ0v) is 16.2. The second kappa shape index (κ2) is 9.07. The van der Waals surface area contributed by atoms with Crippen molar-refractivity contribution < 1.29 is 19.2 Å². The van der Waals surface area contributed by atoms with Crippen molar-refractivity contribution in [2.45, 2.75) is 6.54 Å². The van der Waals surface area contributed by atoms with Crippen molar-refractivity contribution in [3.05, 3.63) is 93.0 Å². The molecule has 1 N–H and O–H groups in total. The maximum atomic E-state index is 12.4. The van der Waals surface area contributed by atoms with E-state index in [0.717, 1.165) is 5.56 Å². The number of nitrogens with one attached hydrogen (secondary N) is 1. The summed E-state index contributed by atoms with van der Waals surface area (Å²) >= 11 is 5.82. The predicted molar refractivity (Wildman–Crippen MR) is 109 cm³/mol. The summed E-state index contributed by atoms with van der Waals surface area (Å²) in [5.74, 6) is 0.231. The fourth-order valence-electron chi connectivity index (χ4n) is 2.61. The number of halogens is 1. The fourth-order valence-corrected chi connectivity index (χ4v) is 2.78. The Bertz CT molecular complexity index is 1040. The molecule has 0 atom stereocenters. The molecule has 8 heteroatoms. The Morgan fingerprint density at radius 2 is 1.76 bits per heavy atom. The molecule has 0 radical (unpaired) electrons. The molecule has 3 rings (SSSR count). The maximum Gasteiger partial charge on any atom is 0.313 e. The van der Waals surface area contributed by atoms with Gasteiger partial charge in [-0.2, -0.15) is 0 Å². The molecule has 3 aromatic rings. The molecule has 0 bridgehead atoms. The Labute approximate surface area is 172 Å². The first-order chi connectivity index (χ1) is 14.0. The highest BCUT2D eigenvalue weighted by molar-refractivity contribution is 6.30. The second-order valence-electron chi connectivity index (χ2n) is 6.01. The van der Waals surface area contributed by atoms with E-state index < -0.39 is 4.92 Å². The SMILES string of the molecule is COc1cc(C(=O)NCc2ccccc2)ccc1Oc1ccc(Cl)cc1[N+](=O)[O-]. The van der Waals surface area contributed by atoms with Crippen LogP contribution in [-0.2, 0) is 6.54 Å². The van der Waals surface area contributed by atoms with Crippen LogP contribution in [0.4, 0.5) is 5.69 Å². The van der Waals surface area contributed by atoms with E-state index in [1.54, 1.807) is 6.07 Å². The number of methoxy groups -OCH3 is 1. The summed E-state index contributed by atoms with van der Waals surface area (Å²) in [6.07, 6.45) is 0. The summed E-state index contributed by atoms with van der Waals surface area (Å²) in [6.45, 7) is 0.386. The van der Waals surface area contributed by atoms with Gasteiger partial charge < -0.3 is 14.8 Å². The van der Waals surface area contributed by atoms with Gasteiger partial charge in [-0.3, -0.25) is 14.9 Å². The quantitative estimate of drug-likeness (QED) is 0.436. The van der Waals surface area contributed by atoms with Gasteiger partial charge in [-0.25, -0.2) is 0 Å². The number of hydrogen-bond acceptors (Lipinski definition) is 5. The third kappa shape index (κ3) is 5.03. The van der Waals surface area contributed by atoms with Gasteiger partial charge in [0, 0.05) is 23.2 Å². The Balaban J connectivity index is 1.79. The van der Waals surface area contributed by atoms with Crippen molar-refractivity contribution in [1.82, 2.24) is 5.32 Å². The molecule has 7 nitrogen and oxygen atoms in total. The molecule has 0 spiro atoms. The molecule has 0 fully saturated rings. The van der Waals surface area contributed by atoms with Gasteiger partial charge >= 0.3 is 5.69 Å². The number of benzene rings is 3. The molecular weight excluding hydrogens is 396 g/mol. The van der Waals surface area contributed by atoms with Crippen molar-refractivity contribution in [2.75, 3.05) is 7.11 Å². The highest BCUT2D eigenvalue weighted by atomic mass is 35.5. The predicted octanol–water partition coefficient (Wildman–Crippen LogP) is 4.98. The van der Waals surface area contributed by atoms with E-state index in [-0.39, 0.29) is 33.9 Å². The largest absolute Gasteiger partial charge is 0.493 e. The van der Waals surface area contributed by atoms with Gasteiger partial charge in [-0.05, 0) is 35.9 Å². The molecule has 1 amide bonds. The number of rotatable bonds is 7. The van der Waals surface area contributed by atoms with Crippen LogP contribution in [0.25, 0.3) is 0 Å². The minimum Gasteiger partial charge on any atom is -0.493 e. The lowest BCUT2D eigenvalue weighted by Gasteiger charge is -2.12. The molecule has 3 aromatic carbocycles. The van der Waals surface area contributed by atoms with Crippen LogP contribution in [0.3, 0.4) is 0 Å². The van der Waals surface area contributed by atoms with E-state index in [4.69, 9.17) is 21.1 Å². The van der Waals surface area contributed by atoms with Crippen LogP contribution in [0.1, 0.15) is 15.9 Å². The molecule has 0 aliphatic carbocycles. The van der Waals surface area contributed by atoms with Crippen molar-refractivity contribution in [2.24, 2.45) is 0 Å². The zero-order valence-electron chi connectivity index (χ0n) is 15.4. The molecule has 0 saturated carbocycles. The first kappa shape index (κ1) is 20.2. The van der Waals surface area contributed by atoms with Gasteiger partial charge in [0.2, 0.25) is 5.75 Å². The first-order valence-corrected chi connectivity index (χ1v) is 8.97. The van der Waals surface area contributed by atoms with Crippen molar-refractivity contribution >= 4 is 23.2 Å². The molecule has 0 unspecified atom stereocenters. The molecule has 0 aliphatic rings. The fraction of sp³-hybridized carbons (Fsp3) is 0.0952. The van der Waals surface area contributed by atoms with Gasteiger partial charge in [0.05, 0.1) is 12.0 Å². The van der Waals surface area contributed by atoms with Gasteiger partial charge in [0.25, 0.3) is 5.91 Å². The Hall–Kier alpha value is -3.58. The summed E-state index contributed by atoms with van der Waals surface area (Å²) in [4.78, 5) is 23.1. The summed E-state index contributed by atoms with van der Waals surface area (Å²) in [7, 11) is 1.42. The Morgan fingerprint density at radius 1 is 1.03 bits per heavy atom. The summed E-state index contributed by atoms with van der Waals surface area (Å²) in [5.41, 5.74) is 1.07. The van der Waals surface area contributed by atoms with Gasteiger partial charge in [-0.15, -0.1) is 0 Å². The van der Waals surface area contributed by atoms with Gasteiger partial charge in [0.15, 0.2) is 11.5 Å². The molecule has 0 heterocycles. The van der Waals surface area contributed by atoms with E-state index in [2.05, 4.69) is 5.32 Å². The molecule has 0 saturated heterocycles. The summed E-state index contributed by atoms with van der Waals surface area (Å²) < 4.78 is 10.9. The molecule has 29 heavy (non-hydrogen) atoms. The number of nitro benzene ring substituents is 1. The molecule has 148 valence electrons. The van der Waals surface area contributed by atoms with Crippen LogP contribution < -0.4 is 14.8 Å². The van der Waals surface area contributed by atoms with Crippen LogP contribution in [0, 0.1) is 10.1 Å². The second-order valence-corrected chi connectivity index (χ2v) is 6.44. The number of nitrogens with zero attached hydrogens (tertiary/aromatic N) is 1. The minimum absolute atomic E-state index is 0.0129. The number of hydrogen-bond donors (Lipinski definition) is 1.